The Morgan fingerprint density at radius 3 is 1.78 bits per heavy atom. The molecule has 0 saturated heterocycles. The molecular weight excluding hydrogens is 756 g/mol. The van der Waals surface area contributed by atoms with Gasteiger partial charge in [-0.2, -0.15) is 0 Å². The third-order valence-corrected chi connectivity index (χ3v) is 9.69. The van der Waals surface area contributed by atoms with Crippen molar-refractivity contribution < 1.29 is 68.9 Å². The lowest BCUT2D eigenvalue weighted by Gasteiger charge is -2.19. The number of nitrogens with two attached hydrogens (primary N) is 2. The largest absolute Gasteiger partial charge is 0.756 e. The molecule has 0 radical (unpaired) electrons. The van der Waals surface area contributed by atoms with E-state index in [0.29, 0.717) is 37.1 Å². The monoisotopic (exact) mass is 803 g/mol. The van der Waals surface area contributed by atoms with Gasteiger partial charge in [0.15, 0.2) is 5.78 Å². The maximum atomic E-state index is 12.0. The van der Waals surface area contributed by atoms with Gasteiger partial charge in [-0.3, -0.25) is 22.6 Å². The molecule has 0 amide bonds. The summed E-state index contributed by atoms with van der Waals surface area (Å²) in [6.45, 7) is 1.02. The van der Waals surface area contributed by atoms with Crippen LogP contribution >= 0.6 is 15.6 Å². The van der Waals surface area contributed by atoms with E-state index >= 15 is 0 Å². The summed E-state index contributed by atoms with van der Waals surface area (Å²) in [5.74, 6) is -1.10. The van der Waals surface area contributed by atoms with Crippen molar-refractivity contribution in [2.24, 2.45) is 10.9 Å². The van der Waals surface area contributed by atoms with Gasteiger partial charge >= 0.3 is 13.8 Å². The first-order chi connectivity index (χ1) is 23.9. The third kappa shape index (κ3) is 25.2. The number of phosphoric ester groups is 2. The molecule has 292 valence electrons. The average molecular weight is 804 g/mol. The minimum atomic E-state index is -4.00. The zero-order valence-electron chi connectivity index (χ0n) is 28.4. The molecule has 3 atom stereocenters. The average Bonchev–Trinajstić information content (AvgIpc) is 3.07. The van der Waals surface area contributed by atoms with Crippen LogP contribution in [0, 0.1) is 0 Å². The summed E-state index contributed by atoms with van der Waals surface area (Å²) in [5.41, 5.74) is 6.19. The lowest BCUT2D eigenvalue weighted by molar-refractivity contribution is -0.223. The van der Waals surface area contributed by atoms with Gasteiger partial charge < -0.3 is 38.9 Å². The second-order valence-corrected chi connectivity index (χ2v) is 15.7. The number of primary sulfonamides is 1. The first-order valence-corrected chi connectivity index (χ1v) is 21.0. The van der Waals surface area contributed by atoms with Crippen molar-refractivity contribution in [3.63, 3.8) is 0 Å². The number of rotatable bonds is 23. The molecule has 22 heteroatoms. The minimum Gasteiger partial charge on any atom is -0.756 e. The van der Waals surface area contributed by atoms with Crippen LogP contribution in [0.3, 0.4) is 0 Å². The summed E-state index contributed by atoms with van der Waals surface area (Å²) in [6.07, 6.45) is 7.91. The van der Waals surface area contributed by atoms with Gasteiger partial charge in [0.05, 0.1) is 23.7 Å². The van der Waals surface area contributed by atoms with Gasteiger partial charge in [-0.25, -0.2) is 22.9 Å². The number of unbranched alkanes of at least 4 members (excludes halogenated alkanes) is 7. The Bertz CT molecular complexity index is 1530. The number of benzene rings is 2. The van der Waals surface area contributed by atoms with Crippen LogP contribution < -0.4 is 20.5 Å². The van der Waals surface area contributed by atoms with Gasteiger partial charge in [0, 0.05) is 43.2 Å². The third-order valence-electron chi connectivity index (χ3n) is 6.44. The molecule has 0 bridgehead atoms. The van der Waals surface area contributed by atoms with Crippen molar-refractivity contribution in [1.82, 2.24) is 0 Å². The molecule has 2 aromatic rings. The highest BCUT2D eigenvalue weighted by Crippen LogP contribution is 2.42. The minimum absolute atomic E-state index is 0.0211. The Kier molecular flexibility index (Phi) is 25.1. The summed E-state index contributed by atoms with van der Waals surface area (Å²) in [6, 6.07) is 10.9. The molecule has 0 aliphatic rings. The van der Waals surface area contributed by atoms with Crippen LogP contribution in [0.4, 0.5) is 5.69 Å². The van der Waals surface area contributed by atoms with Gasteiger partial charge in [-0.1, -0.05) is 44.2 Å². The molecule has 51 heavy (non-hydrogen) atoms. The fourth-order valence-corrected chi connectivity index (χ4v) is 5.50. The van der Waals surface area contributed by atoms with Gasteiger partial charge in [0.2, 0.25) is 10.0 Å². The van der Waals surface area contributed by atoms with Gasteiger partial charge in [0.25, 0.3) is 7.82 Å². The van der Waals surface area contributed by atoms with Gasteiger partial charge in [0.1, 0.15) is 0 Å². The molecule has 2 aromatic carbocycles. The van der Waals surface area contributed by atoms with E-state index in [1.807, 2.05) is 0 Å². The Hall–Kier alpha value is -2.42. The number of hydrogen-bond acceptors (Lipinski definition) is 14. The predicted molar refractivity (Wildman–Crippen MR) is 187 cm³/mol. The number of aromatic carboxylic acids is 1. The number of carboxylic acids is 1. The summed E-state index contributed by atoms with van der Waals surface area (Å²) in [7, 11) is -9.44. The smallest absolute Gasteiger partial charge is 0.471 e. The van der Waals surface area contributed by atoms with Crippen LogP contribution in [0.25, 0.3) is 0 Å². The molecule has 3 unspecified atom stereocenters. The van der Waals surface area contributed by atoms with E-state index in [4.69, 9.17) is 25.4 Å². The maximum absolute atomic E-state index is 12.0. The van der Waals surface area contributed by atoms with E-state index in [2.05, 4.69) is 18.3 Å². The van der Waals surface area contributed by atoms with Crippen LogP contribution in [-0.2, 0) is 48.5 Å². The number of carbonyl (C=O) groups excluding carboxylic acids is 1. The number of ketones is 1. The van der Waals surface area contributed by atoms with Crippen LogP contribution in [0.15, 0.2) is 53.4 Å². The highest BCUT2D eigenvalue weighted by atomic mass is 32.2. The number of nitrogens with one attached hydrogen (secondary N) is 1. The Balaban J connectivity index is 0.000000810. The Morgan fingerprint density at radius 2 is 1.31 bits per heavy atom. The molecule has 0 aliphatic heterocycles. The van der Waals surface area contributed by atoms with Crippen molar-refractivity contribution >= 4 is 54.4 Å². The fourth-order valence-electron chi connectivity index (χ4n) is 3.73. The highest BCUT2D eigenvalue weighted by molar-refractivity contribution is 7.89. The first kappa shape index (κ1) is 48.6. The van der Waals surface area contributed by atoms with E-state index in [1.165, 1.54) is 48.5 Å². The summed E-state index contributed by atoms with van der Waals surface area (Å²) < 4.78 is 84.0. The number of phosphoric acid groups is 2. The van der Waals surface area contributed by atoms with E-state index in [9.17, 15) is 40.8 Å². The van der Waals surface area contributed by atoms with Crippen molar-refractivity contribution in [3.8, 4) is 0 Å². The zero-order chi connectivity index (χ0) is 38.9. The zero-order valence-corrected chi connectivity index (χ0v) is 31.8. The van der Waals surface area contributed by atoms with E-state index < -0.39 is 42.9 Å². The topological polar surface area (TPSA) is 307 Å². The molecule has 0 saturated carbocycles. The summed E-state index contributed by atoms with van der Waals surface area (Å²) in [4.78, 5) is 42.1. The van der Waals surface area contributed by atoms with Crippen LogP contribution in [0.5, 0.6) is 0 Å². The number of carbonyl (C=O) groups is 2. The lowest BCUT2D eigenvalue weighted by Crippen LogP contribution is -2.12. The molecule has 18 nitrogen and oxygen atoms in total. The SMILES string of the molecule is COP(=O)(O)OCCCCCCCC(=O)c1ccc(S(N)(=O)=O)cc1.COP(=O)([O-])OCCCCCCN.O=C(O)c1ccc(NS(=O)[O-])cc1. The number of anilines is 1. The second-order valence-electron chi connectivity index (χ2n) is 10.4. The van der Waals surface area contributed by atoms with Crippen molar-refractivity contribution in [3.05, 3.63) is 59.7 Å². The van der Waals surface area contributed by atoms with Gasteiger partial charge in [-0.15, -0.1) is 0 Å². The maximum Gasteiger partial charge on any atom is 0.471 e. The predicted octanol–water partition coefficient (Wildman–Crippen LogP) is 3.85. The molecule has 0 fully saturated rings. The van der Waals surface area contributed by atoms with E-state index in [1.54, 1.807) is 0 Å². The Labute approximate surface area is 300 Å². The van der Waals surface area contributed by atoms with Crippen LogP contribution in [0.2, 0.25) is 0 Å². The lowest BCUT2D eigenvalue weighted by atomic mass is 10.0. The molecule has 0 heterocycles. The van der Waals surface area contributed by atoms with Crippen molar-refractivity contribution in [1.29, 1.82) is 0 Å². The molecule has 0 aliphatic carbocycles. The molecule has 0 spiro atoms. The van der Waals surface area contributed by atoms with Crippen LogP contribution in [0.1, 0.15) is 84.9 Å². The molecule has 0 aromatic heterocycles. The molecule has 2 rings (SSSR count). The highest BCUT2D eigenvalue weighted by Gasteiger charge is 2.17. The summed E-state index contributed by atoms with van der Waals surface area (Å²) >= 11 is -2.38. The Morgan fingerprint density at radius 1 is 0.824 bits per heavy atom. The standard InChI is InChI=1S/C15H24NO7PS.C7H18NO4P.C7H7NO4S/c1-22-24(18,19)23-12-6-4-2-3-5-7-15(17)13-8-10-14(11-9-13)25(16,20)21;1-11-13(9,10)12-7-5-3-2-4-6-8;9-7(10)5-1-3-6(4-2-5)8-13(11)12/h8-11H,2-7,12H2,1H3,(H,18,19)(H2,16,20,21);2-8H2,1H3,(H,9,10);1-4,8H,(H,9,10)(H,11,12)/p-2. The number of carboxylic acid groups (broad SMARTS) is 1. The van der Waals surface area contributed by atoms with Gasteiger partial charge in [-0.05, 0) is 68.6 Å². The van der Waals surface area contributed by atoms with Crippen LogP contribution in [-0.4, -0.2) is 72.9 Å². The molecular formula is C29H47N3O15P2S2-2. The fraction of sp³-hybridized carbons (Fsp3) is 0.517. The van der Waals surface area contributed by atoms with Crippen molar-refractivity contribution in [2.45, 2.75) is 69.1 Å². The van der Waals surface area contributed by atoms with E-state index in [0.717, 1.165) is 59.2 Å². The number of hydrogen-bond donors (Lipinski definition) is 5. The second kappa shape index (κ2) is 26.4. The normalized spacial score (nSPS) is 14.0. The van der Waals surface area contributed by atoms with E-state index in [-0.39, 0.29) is 29.5 Å². The number of Topliss-reactive ketones (excluding diaryl/α,β-unsaturated/α-hetero) is 1. The quantitative estimate of drug-likeness (QED) is 0.0461. The first-order valence-electron chi connectivity index (χ1n) is 15.5. The number of sulfonamides is 1. The molecule has 7 N–H and O–H groups in total. The van der Waals surface area contributed by atoms with Crippen molar-refractivity contribution in [2.75, 3.05) is 38.7 Å². The summed E-state index contributed by atoms with van der Waals surface area (Å²) in [5, 5.41) is 13.5.